The number of aryl methyl sites for hydroxylation is 1. The van der Waals surface area contributed by atoms with Crippen molar-refractivity contribution in [3.05, 3.63) is 65.2 Å². The molecule has 1 atom stereocenters. The van der Waals surface area contributed by atoms with Gasteiger partial charge in [-0.1, -0.05) is 57.9 Å². The number of carbonyl (C=O) groups is 1. The number of benzene rings is 2. The minimum absolute atomic E-state index is 0.0944. The van der Waals surface area contributed by atoms with Crippen molar-refractivity contribution in [2.24, 2.45) is 0 Å². The summed E-state index contributed by atoms with van der Waals surface area (Å²) in [5.74, 6) is 0.0944. The van der Waals surface area contributed by atoms with Crippen LogP contribution in [-0.2, 0) is 0 Å². The van der Waals surface area contributed by atoms with Crippen molar-refractivity contribution in [3.8, 4) is 0 Å². The monoisotopic (exact) mass is 334 g/mol. The second kappa shape index (κ2) is 6.40. The third kappa shape index (κ3) is 3.48. The highest BCUT2D eigenvalue weighted by atomic mass is 79.9. The molecule has 2 aromatic rings. The zero-order valence-corrected chi connectivity index (χ0v) is 13.3. The molecule has 19 heavy (non-hydrogen) atoms. The highest BCUT2D eigenvalue weighted by Gasteiger charge is 2.18. The Balaban J connectivity index is 2.20. The average Bonchev–Trinajstić information content (AvgIpc) is 2.46. The van der Waals surface area contributed by atoms with Crippen LogP contribution < -0.4 is 0 Å². The van der Waals surface area contributed by atoms with Crippen LogP contribution >= 0.6 is 27.7 Å². The molecule has 0 N–H and O–H groups in total. The Bertz CT molecular complexity index is 560. The van der Waals surface area contributed by atoms with Crippen LogP contribution in [0.1, 0.15) is 26.3 Å². The van der Waals surface area contributed by atoms with Gasteiger partial charge in [0.1, 0.15) is 4.83 Å². The predicted octanol–water partition coefficient (Wildman–Crippen LogP) is 5.04. The van der Waals surface area contributed by atoms with Gasteiger partial charge < -0.3 is 0 Å². The number of carbonyl (C=O) groups excluding carboxylic acids is 1. The summed E-state index contributed by atoms with van der Waals surface area (Å²) in [6.07, 6.45) is 2.04. The van der Waals surface area contributed by atoms with E-state index in [-0.39, 0.29) is 10.6 Å². The Kier molecular flexibility index (Phi) is 4.83. The Hall–Kier alpha value is -1.06. The Labute approximate surface area is 126 Å². The number of halogens is 1. The smallest absolute Gasteiger partial charge is 0.180 e. The molecule has 0 bridgehead atoms. The maximum Gasteiger partial charge on any atom is 0.180 e. The van der Waals surface area contributed by atoms with E-state index in [1.165, 1.54) is 4.90 Å². The van der Waals surface area contributed by atoms with E-state index in [2.05, 4.69) is 15.9 Å². The summed E-state index contributed by atoms with van der Waals surface area (Å²) >= 11 is 5.19. The molecule has 0 aliphatic rings. The van der Waals surface area contributed by atoms with Crippen LogP contribution in [0, 0.1) is 6.92 Å². The summed E-state index contributed by atoms with van der Waals surface area (Å²) < 4.78 is 0. The van der Waals surface area contributed by atoms with Crippen molar-refractivity contribution >= 4 is 33.5 Å². The highest BCUT2D eigenvalue weighted by molar-refractivity contribution is 9.09. The number of Topliss-reactive ketones (excluding diaryl/α,β-unsaturated/α-hetero) is 1. The average molecular weight is 335 g/mol. The largest absolute Gasteiger partial charge is 0.293 e. The van der Waals surface area contributed by atoms with E-state index in [1.54, 1.807) is 11.8 Å². The molecule has 1 nitrogen and oxygen atoms in total. The molecule has 0 aliphatic heterocycles. The summed E-state index contributed by atoms with van der Waals surface area (Å²) in [6, 6.07) is 15.7. The molecule has 0 saturated heterocycles. The quantitative estimate of drug-likeness (QED) is 0.442. The lowest BCUT2D eigenvalue weighted by molar-refractivity contribution is 0.0991. The van der Waals surface area contributed by atoms with Gasteiger partial charge in [0, 0.05) is 10.5 Å². The Morgan fingerprint density at radius 1 is 1.05 bits per heavy atom. The van der Waals surface area contributed by atoms with E-state index in [1.807, 2.05) is 61.7 Å². The fourth-order valence-corrected chi connectivity index (χ4v) is 2.77. The molecule has 0 aliphatic carbocycles. The number of hydrogen-bond acceptors (Lipinski definition) is 2. The molecule has 0 fully saturated rings. The fourth-order valence-electron chi connectivity index (χ4n) is 1.79. The topological polar surface area (TPSA) is 17.1 Å². The second-order valence-electron chi connectivity index (χ2n) is 4.37. The predicted molar refractivity (Wildman–Crippen MR) is 85.4 cm³/mol. The zero-order valence-electron chi connectivity index (χ0n) is 10.9. The van der Waals surface area contributed by atoms with Gasteiger partial charge in [-0.05, 0) is 30.9 Å². The summed E-state index contributed by atoms with van der Waals surface area (Å²) in [5.41, 5.74) is 2.89. The third-order valence-electron chi connectivity index (χ3n) is 2.97. The van der Waals surface area contributed by atoms with Crippen LogP contribution in [0.3, 0.4) is 0 Å². The van der Waals surface area contributed by atoms with Crippen LogP contribution in [-0.4, -0.2) is 12.0 Å². The van der Waals surface area contributed by atoms with Crippen molar-refractivity contribution < 1.29 is 4.79 Å². The molecule has 3 heteroatoms. The first-order valence-electron chi connectivity index (χ1n) is 6.00. The number of hydrogen-bond donors (Lipinski definition) is 0. The van der Waals surface area contributed by atoms with E-state index in [9.17, 15) is 4.79 Å². The van der Waals surface area contributed by atoms with Crippen molar-refractivity contribution in [2.75, 3.05) is 6.26 Å². The lowest BCUT2D eigenvalue weighted by atomic mass is 10.0. The van der Waals surface area contributed by atoms with Crippen LogP contribution in [0.25, 0.3) is 0 Å². The summed E-state index contributed by atoms with van der Waals surface area (Å²) in [6.45, 7) is 2.01. The van der Waals surface area contributed by atoms with Crippen LogP contribution in [0.5, 0.6) is 0 Å². The first-order valence-corrected chi connectivity index (χ1v) is 8.15. The minimum atomic E-state index is -0.286. The zero-order chi connectivity index (χ0) is 13.8. The van der Waals surface area contributed by atoms with Gasteiger partial charge in [-0.15, -0.1) is 11.8 Å². The van der Waals surface area contributed by atoms with E-state index < -0.39 is 0 Å². The molecular weight excluding hydrogens is 320 g/mol. The molecule has 0 saturated carbocycles. The van der Waals surface area contributed by atoms with Gasteiger partial charge in [0.25, 0.3) is 0 Å². The Morgan fingerprint density at radius 2 is 1.63 bits per heavy atom. The lowest BCUT2D eigenvalue weighted by Gasteiger charge is -2.10. The van der Waals surface area contributed by atoms with Crippen LogP contribution in [0.4, 0.5) is 0 Å². The number of alkyl halides is 1. The number of rotatable bonds is 4. The molecule has 0 heterocycles. The summed E-state index contributed by atoms with van der Waals surface area (Å²) in [5, 5.41) is 0. The van der Waals surface area contributed by atoms with Crippen molar-refractivity contribution in [1.29, 1.82) is 0 Å². The lowest BCUT2D eigenvalue weighted by Crippen LogP contribution is -2.06. The first-order chi connectivity index (χ1) is 9.11. The Morgan fingerprint density at radius 3 is 2.16 bits per heavy atom. The summed E-state index contributed by atoms with van der Waals surface area (Å²) in [4.78, 5) is 13.3. The van der Waals surface area contributed by atoms with Gasteiger partial charge >= 0.3 is 0 Å². The molecule has 0 aromatic heterocycles. The number of ketones is 1. The molecule has 1 unspecified atom stereocenters. The maximum absolute atomic E-state index is 12.4. The molecule has 0 spiro atoms. The van der Waals surface area contributed by atoms with Gasteiger partial charge in [-0.2, -0.15) is 0 Å². The van der Waals surface area contributed by atoms with E-state index in [0.29, 0.717) is 0 Å². The van der Waals surface area contributed by atoms with Crippen molar-refractivity contribution in [2.45, 2.75) is 16.6 Å². The van der Waals surface area contributed by atoms with E-state index in [0.717, 1.165) is 16.7 Å². The molecular formula is C16H15BrOS. The molecule has 2 aromatic carbocycles. The van der Waals surface area contributed by atoms with Gasteiger partial charge in [0.15, 0.2) is 5.78 Å². The van der Waals surface area contributed by atoms with Crippen LogP contribution in [0.15, 0.2) is 53.4 Å². The summed E-state index contributed by atoms with van der Waals surface area (Å²) in [7, 11) is 0. The molecule has 2 rings (SSSR count). The standard InChI is InChI=1S/C16H15BrOS/c1-11-3-5-13(6-4-11)16(18)15(17)12-7-9-14(19-2)10-8-12/h3-10,15H,1-2H3. The van der Waals surface area contributed by atoms with Crippen LogP contribution in [0.2, 0.25) is 0 Å². The van der Waals surface area contributed by atoms with Gasteiger partial charge in [-0.25, -0.2) is 0 Å². The fraction of sp³-hybridized carbons (Fsp3) is 0.188. The van der Waals surface area contributed by atoms with Crippen molar-refractivity contribution in [1.82, 2.24) is 0 Å². The van der Waals surface area contributed by atoms with E-state index >= 15 is 0 Å². The molecule has 0 amide bonds. The minimum Gasteiger partial charge on any atom is -0.293 e. The normalized spacial score (nSPS) is 12.2. The highest BCUT2D eigenvalue weighted by Crippen LogP contribution is 2.28. The van der Waals surface area contributed by atoms with Gasteiger partial charge in [-0.3, -0.25) is 4.79 Å². The SMILES string of the molecule is CSc1ccc(C(Br)C(=O)c2ccc(C)cc2)cc1. The third-order valence-corrected chi connectivity index (χ3v) is 4.66. The van der Waals surface area contributed by atoms with Crippen molar-refractivity contribution in [3.63, 3.8) is 0 Å². The van der Waals surface area contributed by atoms with E-state index in [4.69, 9.17) is 0 Å². The van der Waals surface area contributed by atoms with Gasteiger partial charge in [0.2, 0.25) is 0 Å². The first kappa shape index (κ1) is 14.4. The second-order valence-corrected chi connectivity index (χ2v) is 6.16. The number of thioether (sulfide) groups is 1. The molecule has 98 valence electrons. The van der Waals surface area contributed by atoms with Gasteiger partial charge in [0.05, 0.1) is 0 Å². The maximum atomic E-state index is 12.4. The molecule has 0 radical (unpaired) electrons.